The van der Waals surface area contributed by atoms with Crippen molar-refractivity contribution >= 4 is 5.91 Å². The van der Waals surface area contributed by atoms with Gasteiger partial charge in [-0.05, 0) is 13.8 Å². The average molecular weight is 225 g/mol. The lowest BCUT2D eigenvalue weighted by Crippen LogP contribution is -2.35. The summed E-state index contributed by atoms with van der Waals surface area (Å²) in [5, 5.41) is 11.0. The standard InChI is InChI=1S/C10H19N5O/c1-5-14(3)10(16)7-11-6-9-13-12-8(2)15(9)4/h11H,5-7H2,1-4H3. The van der Waals surface area contributed by atoms with Gasteiger partial charge in [0, 0.05) is 20.6 Å². The first-order valence-corrected chi connectivity index (χ1v) is 5.35. The molecule has 1 aromatic rings. The highest BCUT2D eigenvalue weighted by atomic mass is 16.2. The molecule has 1 rings (SSSR count). The van der Waals surface area contributed by atoms with Gasteiger partial charge < -0.3 is 14.8 Å². The molecule has 0 aliphatic carbocycles. The van der Waals surface area contributed by atoms with Crippen molar-refractivity contribution in [1.29, 1.82) is 0 Å². The zero-order valence-electron chi connectivity index (χ0n) is 10.3. The van der Waals surface area contributed by atoms with Gasteiger partial charge in [0.15, 0.2) is 0 Å². The van der Waals surface area contributed by atoms with Crippen LogP contribution in [0.4, 0.5) is 0 Å². The average Bonchev–Trinajstić information content (AvgIpc) is 2.59. The number of nitrogens with one attached hydrogen (secondary N) is 1. The van der Waals surface area contributed by atoms with Crippen LogP contribution in [0.25, 0.3) is 0 Å². The van der Waals surface area contributed by atoms with E-state index < -0.39 is 0 Å². The van der Waals surface area contributed by atoms with Crippen LogP contribution in [0.1, 0.15) is 18.6 Å². The molecule has 6 heteroatoms. The largest absolute Gasteiger partial charge is 0.345 e. The number of hydrogen-bond donors (Lipinski definition) is 1. The van der Waals surface area contributed by atoms with E-state index in [1.807, 2.05) is 25.5 Å². The Balaban J connectivity index is 2.36. The predicted octanol–water partition coefficient (Wildman–Crippen LogP) is -0.309. The topological polar surface area (TPSA) is 63.1 Å². The van der Waals surface area contributed by atoms with E-state index in [9.17, 15) is 4.79 Å². The third-order valence-electron chi connectivity index (χ3n) is 2.64. The molecule has 6 nitrogen and oxygen atoms in total. The number of nitrogens with zero attached hydrogens (tertiary/aromatic N) is 4. The van der Waals surface area contributed by atoms with Crippen LogP contribution in [-0.2, 0) is 18.4 Å². The molecule has 0 radical (unpaired) electrons. The highest BCUT2D eigenvalue weighted by Gasteiger charge is 2.07. The second-order valence-electron chi connectivity index (χ2n) is 3.73. The van der Waals surface area contributed by atoms with Crippen molar-refractivity contribution in [2.45, 2.75) is 20.4 Å². The van der Waals surface area contributed by atoms with E-state index in [0.717, 1.165) is 18.2 Å². The molecule has 0 bridgehead atoms. The van der Waals surface area contributed by atoms with Crippen molar-refractivity contribution in [1.82, 2.24) is 25.0 Å². The number of hydrogen-bond acceptors (Lipinski definition) is 4. The molecule has 90 valence electrons. The summed E-state index contributed by atoms with van der Waals surface area (Å²) in [7, 11) is 3.70. The highest BCUT2D eigenvalue weighted by molar-refractivity contribution is 5.77. The number of carbonyl (C=O) groups is 1. The molecule has 1 N–H and O–H groups in total. The summed E-state index contributed by atoms with van der Waals surface area (Å²) in [5.74, 6) is 1.79. The van der Waals surface area contributed by atoms with Gasteiger partial charge in [-0.15, -0.1) is 10.2 Å². The molecule has 16 heavy (non-hydrogen) atoms. The van der Waals surface area contributed by atoms with Crippen molar-refractivity contribution in [2.24, 2.45) is 7.05 Å². The van der Waals surface area contributed by atoms with Crippen LogP contribution in [-0.4, -0.2) is 45.7 Å². The molecule has 0 aliphatic heterocycles. The third kappa shape index (κ3) is 3.03. The van der Waals surface area contributed by atoms with Crippen molar-refractivity contribution in [3.63, 3.8) is 0 Å². The molecule has 0 unspecified atom stereocenters. The fraction of sp³-hybridized carbons (Fsp3) is 0.700. The van der Waals surface area contributed by atoms with E-state index in [1.165, 1.54) is 0 Å². The summed E-state index contributed by atoms with van der Waals surface area (Å²) in [5.41, 5.74) is 0. The van der Waals surface area contributed by atoms with Gasteiger partial charge in [-0.3, -0.25) is 4.79 Å². The summed E-state index contributed by atoms with van der Waals surface area (Å²) in [6, 6.07) is 0. The first kappa shape index (κ1) is 12.6. The van der Waals surface area contributed by atoms with Crippen molar-refractivity contribution in [3.05, 3.63) is 11.6 Å². The Morgan fingerprint density at radius 1 is 1.50 bits per heavy atom. The van der Waals surface area contributed by atoms with E-state index in [-0.39, 0.29) is 5.91 Å². The van der Waals surface area contributed by atoms with Gasteiger partial charge in [0.2, 0.25) is 5.91 Å². The summed E-state index contributed by atoms with van der Waals surface area (Å²) < 4.78 is 1.90. The smallest absolute Gasteiger partial charge is 0.236 e. The van der Waals surface area contributed by atoms with Crippen LogP contribution in [0.3, 0.4) is 0 Å². The molecule has 1 amide bonds. The van der Waals surface area contributed by atoms with E-state index in [0.29, 0.717) is 13.1 Å². The lowest BCUT2D eigenvalue weighted by atomic mass is 10.4. The van der Waals surface area contributed by atoms with Gasteiger partial charge in [-0.25, -0.2) is 0 Å². The minimum absolute atomic E-state index is 0.0846. The molecule has 0 saturated carbocycles. The Hall–Kier alpha value is -1.43. The maximum Gasteiger partial charge on any atom is 0.236 e. The Labute approximate surface area is 95.6 Å². The number of likely N-dealkylation sites (N-methyl/N-ethyl adjacent to an activating group) is 1. The van der Waals surface area contributed by atoms with Crippen LogP contribution in [0.15, 0.2) is 0 Å². The Kier molecular flexibility index (Phi) is 4.42. The molecule has 0 spiro atoms. The Morgan fingerprint density at radius 3 is 2.69 bits per heavy atom. The van der Waals surface area contributed by atoms with Gasteiger partial charge in [0.25, 0.3) is 0 Å². The maximum atomic E-state index is 11.5. The van der Waals surface area contributed by atoms with Crippen molar-refractivity contribution < 1.29 is 4.79 Å². The Morgan fingerprint density at radius 2 is 2.19 bits per heavy atom. The maximum absolute atomic E-state index is 11.5. The minimum atomic E-state index is 0.0846. The fourth-order valence-electron chi connectivity index (χ4n) is 1.20. The van der Waals surface area contributed by atoms with Crippen LogP contribution in [0.2, 0.25) is 0 Å². The highest BCUT2D eigenvalue weighted by Crippen LogP contribution is 1.96. The molecule has 0 atom stereocenters. The Bertz CT molecular complexity index is 360. The van der Waals surface area contributed by atoms with Crippen LogP contribution < -0.4 is 5.32 Å². The second-order valence-corrected chi connectivity index (χ2v) is 3.73. The van der Waals surface area contributed by atoms with E-state index in [4.69, 9.17) is 0 Å². The summed E-state index contributed by atoms with van der Waals surface area (Å²) >= 11 is 0. The van der Waals surface area contributed by atoms with Gasteiger partial charge in [-0.1, -0.05) is 0 Å². The zero-order chi connectivity index (χ0) is 12.1. The number of rotatable bonds is 5. The first-order valence-electron chi connectivity index (χ1n) is 5.35. The lowest BCUT2D eigenvalue weighted by molar-refractivity contribution is -0.128. The van der Waals surface area contributed by atoms with E-state index in [1.54, 1.807) is 11.9 Å². The summed E-state index contributed by atoms with van der Waals surface area (Å²) in [4.78, 5) is 13.2. The number of carbonyl (C=O) groups excluding carboxylic acids is 1. The number of aryl methyl sites for hydroxylation is 1. The monoisotopic (exact) mass is 225 g/mol. The molecular formula is C10H19N5O. The quantitative estimate of drug-likeness (QED) is 0.746. The van der Waals surface area contributed by atoms with Gasteiger partial charge in [-0.2, -0.15) is 0 Å². The minimum Gasteiger partial charge on any atom is -0.345 e. The van der Waals surface area contributed by atoms with Crippen molar-refractivity contribution in [3.8, 4) is 0 Å². The first-order chi connectivity index (χ1) is 7.56. The van der Waals surface area contributed by atoms with Crippen molar-refractivity contribution in [2.75, 3.05) is 20.1 Å². The summed E-state index contributed by atoms with van der Waals surface area (Å²) in [6.07, 6.45) is 0. The number of aromatic nitrogens is 3. The van der Waals surface area contributed by atoms with Gasteiger partial charge in [0.1, 0.15) is 11.6 Å². The molecule has 0 aliphatic rings. The molecule has 1 heterocycles. The molecule has 1 aromatic heterocycles. The fourth-order valence-corrected chi connectivity index (χ4v) is 1.20. The SMILES string of the molecule is CCN(C)C(=O)CNCc1nnc(C)n1C. The lowest BCUT2D eigenvalue weighted by Gasteiger charge is -2.14. The second kappa shape index (κ2) is 5.60. The normalized spacial score (nSPS) is 10.5. The molecule has 0 fully saturated rings. The molecule has 0 saturated heterocycles. The van der Waals surface area contributed by atoms with E-state index >= 15 is 0 Å². The third-order valence-corrected chi connectivity index (χ3v) is 2.64. The molecule has 0 aromatic carbocycles. The van der Waals surface area contributed by atoms with Crippen LogP contribution in [0, 0.1) is 6.92 Å². The van der Waals surface area contributed by atoms with Gasteiger partial charge in [0.05, 0.1) is 13.1 Å². The van der Waals surface area contributed by atoms with E-state index in [2.05, 4.69) is 15.5 Å². The van der Waals surface area contributed by atoms with Gasteiger partial charge >= 0.3 is 0 Å². The van der Waals surface area contributed by atoms with Crippen LogP contribution >= 0.6 is 0 Å². The van der Waals surface area contributed by atoms with Crippen LogP contribution in [0.5, 0.6) is 0 Å². The number of amides is 1. The zero-order valence-corrected chi connectivity index (χ0v) is 10.3. The predicted molar refractivity (Wildman–Crippen MR) is 60.8 cm³/mol. The summed E-state index contributed by atoms with van der Waals surface area (Å²) in [6.45, 7) is 5.46. The molecular weight excluding hydrogens is 206 g/mol.